The van der Waals surface area contributed by atoms with Crippen molar-refractivity contribution in [3.63, 3.8) is 0 Å². The summed E-state index contributed by atoms with van der Waals surface area (Å²) in [5, 5.41) is 0.733. The standard InChI is InChI=1S/C12H26OSi/c1-11(2,3)14(12(4,5)6)10-8-7-9-13-14/h7-10H2,1-6H3. The molecule has 1 nitrogen and oxygen atoms in total. The minimum absolute atomic E-state index is 0.367. The number of hydrogen-bond acceptors (Lipinski definition) is 1. The molecule has 0 N–H and O–H groups in total. The summed E-state index contributed by atoms with van der Waals surface area (Å²) in [6.45, 7) is 15.2. The predicted molar refractivity (Wildman–Crippen MR) is 65.2 cm³/mol. The van der Waals surface area contributed by atoms with Gasteiger partial charge >= 0.3 is 0 Å². The van der Waals surface area contributed by atoms with Crippen LogP contribution in [0, 0.1) is 0 Å². The molecule has 1 aliphatic heterocycles. The maximum Gasteiger partial charge on any atom is 0.203 e. The molecule has 0 unspecified atom stereocenters. The molecule has 0 atom stereocenters. The molecule has 0 aromatic rings. The lowest BCUT2D eigenvalue weighted by atomic mass is 10.2. The Labute approximate surface area is 90.4 Å². The van der Waals surface area contributed by atoms with Crippen LogP contribution in [0.5, 0.6) is 0 Å². The van der Waals surface area contributed by atoms with Crippen LogP contribution < -0.4 is 0 Å². The Kier molecular flexibility index (Phi) is 3.18. The smallest absolute Gasteiger partial charge is 0.203 e. The first-order valence-electron chi connectivity index (χ1n) is 5.85. The summed E-state index contributed by atoms with van der Waals surface area (Å²) in [5.74, 6) is 0. The van der Waals surface area contributed by atoms with E-state index < -0.39 is 8.32 Å². The van der Waals surface area contributed by atoms with Crippen LogP contribution in [0.4, 0.5) is 0 Å². The van der Waals surface area contributed by atoms with E-state index in [1.807, 2.05) is 0 Å². The molecule has 1 saturated heterocycles. The van der Waals surface area contributed by atoms with E-state index in [4.69, 9.17) is 4.43 Å². The van der Waals surface area contributed by atoms with Gasteiger partial charge < -0.3 is 4.43 Å². The van der Waals surface area contributed by atoms with E-state index in [0.717, 1.165) is 6.61 Å². The highest BCUT2D eigenvalue weighted by Gasteiger charge is 2.55. The maximum absolute atomic E-state index is 6.33. The van der Waals surface area contributed by atoms with Crippen molar-refractivity contribution in [2.24, 2.45) is 0 Å². The fourth-order valence-electron chi connectivity index (χ4n) is 3.10. The van der Waals surface area contributed by atoms with Crippen LogP contribution in [0.15, 0.2) is 0 Å². The van der Waals surface area contributed by atoms with Gasteiger partial charge in [-0.1, -0.05) is 48.0 Å². The normalized spacial score (nSPS) is 23.6. The van der Waals surface area contributed by atoms with Crippen molar-refractivity contribution in [3.8, 4) is 0 Å². The molecule has 0 aromatic carbocycles. The van der Waals surface area contributed by atoms with Gasteiger partial charge in [0.2, 0.25) is 8.32 Å². The van der Waals surface area contributed by atoms with Crippen molar-refractivity contribution in [3.05, 3.63) is 0 Å². The quantitative estimate of drug-likeness (QED) is 0.545. The number of rotatable bonds is 0. The topological polar surface area (TPSA) is 9.23 Å². The van der Waals surface area contributed by atoms with E-state index in [1.165, 1.54) is 18.9 Å². The minimum atomic E-state index is -1.59. The second kappa shape index (κ2) is 3.64. The molecule has 0 bridgehead atoms. The van der Waals surface area contributed by atoms with Crippen LogP contribution in [-0.2, 0) is 4.43 Å². The van der Waals surface area contributed by atoms with Crippen LogP contribution in [0.2, 0.25) is 16.1 Å². The number of hydrogen-bond donors (Lipinski definition) is 0. The molecule has 1 fully saturated rings. The molecule has 0 amide bonds. The first-order valence-corrected chi connectivity index (χ1v) is 7.96. The van der Waals surface area contributed by atoms with Gasteiger partial charge in [0.15, 0.2) is 0 Å². The highest BCUT2D eigenvalue weighted by molar-refractivity contribution is 6.79. The van der Waals surface area contributed by atoms with Crippen LogP contribution in [-0.4, -0.2) is 14.9 Å². The summed E-state index contributed by atoms with van der Waals surface area (Å²) in [7, 11) is -1.59. The van der Waals surface area contributed by atoms with Gasteiger partial charge in [0.05, 0.1) is 0 Å². The molecule has 0 aromatic heterocycles. The zero-order valence-electron chi connectivity index (χ0n) is 10.7. The summed E-state index contributed by atoms with van der Waals surface area (Å²) in [6.07, 6.45) is 2.64. The molecular weight excluding hydrogens is 188 g/mol. The third-order valence-electron chi connectivity index (χ3n) is 3.69. The van der Waals surface area contributed by atoms with Crippen molar-refractivity contribution in [2.45, 2.75) is 70.5 Å². The van der Waals surface area contributed by atoms with Crippen molar-refractivity contribution in [2.75, 3.05) is 6.61 Å². The fraction of sp³-hybridized carbons (Fsp3) is 1.00. The van der Waals surface area contributed by atoms with E-state index >= 15 is 0 Å². The average Bonchev–Trinajstić information content (AvgIpc) is 2.02. The summed E-state index contributed by atoms with van der Waals surface area (Å²) >= 11 is 0. The van der Waals surface area contributed by atoms with Crippen LogP contribution >= 0.6 is 0 Å². The third kappa shape index (κ3) is 1.92. The molecule has 1 rings (SSSR count). The summed E-state index contributed by atoms with van der Waals surface area (Å²) in [6, 6.07) is 1.35. The van der Waals surface area contributed by atoms with Crippen molar-refractivity contribution < 1.29 is 4.43 Å². The molecule has 0 aliphatic carbocycles. The SMILES string of the molecule is CC(C)(C)[Si]1(C(C)(C)C)CCCCO1. The Morgan fingerprint density at radius 3 is 1.57 bits per heavy atom. The average molecular weight is 214 g/mol. The predicted octanol–water partition coefficient (Wildman–Crippen LogP) is 4.34. The first-order chi connectivity index (χ1) is 6.21. The zero-order chi connectivity index (χ0) is 11.0. The van der Waals surface area contributed by atoms with E-state index in [2.05, 4.69) is 41.5 Å². The molecule has 1 aliphatic rings. The molecular formula is C12H26OSi. The minimum Gasteiger partial charge on any atom is -0.416 e. The third-order valence-corrected chi connectivity index (χ3v) is 10.3. The van der Waals surface area contributed by atoms with Crippen molar-refractivity contribution in [1.29, 1.82) is 0 Å². The van der Waals surface area contributed by atoms with Crippen molar-refractivity contribution >= 4 is 8.32 Å². The largest absolute Gasteiger partial charge is 0.416 e. The molecule has 84 valence electrons. The Morgan fingerprint density at radius 2 is 1.36 bits per heavy atom. The molecule has 0 saturated carbocycles. The van der Waals surface area contributed by atoms with Gasteiger partial charge in [-0.15, -0.1) is 0 Å². The van der Waals surface area contributed by atoms with Crippen LogP contribution in [0.25, 0.3) is 0 Å². The van der Waals surface area contributed by atoms with Gasteiger partial charge in [-0.2, -0.15) is 0 Å². The summed E-state index contributed by atoms with van der Waals surface area (Å²) in [5.41, 5.74) is 0. The van der Waals surface area contributed by atoms with Crippen LogP contribution in [0.3, 0.4) is 0 Å². The second-order valence-electron chi connectivity index (χ2n) is 6.63. The Hall–Kier alpha value is 0.177. The highest BCUT2D eigenvalue weighted by Crippen LogP contribution is 2.55. The molecule has 2 heteroatoms. The zero-order valence-corrected chi connectivity index (χ0v) is 11.7. The molecule has 0 spiro atoms. The monoisotopic (exact) mass is 214 g/mol. The van der Waals surface area contributed by atoms with E-state index in [9.17, 15) is 0 Å². The molecule has 0 radical (unpaired) electrons. The highest BCUT2D eigenvalue weighted by atomic mass is 28.4. The fourth-order valence-corrected chi connectivity index (χ4v) is 9.10. The lowest BCUT2D eigenvalue weighted by Crippen LogP contribution is -2.56. The summed E-state index contributed by atoms with van der Waals surface area (Å²) < 4.78 is 6.33. The lowest BCUT2D eigenvalue weighted by molar-refractivity contribution is 0.227. The van der Waals surface area contributed by atoms with Gasteiger partial charge in [0, 0.05) is 6.61 Å². The van der Waals surface area contributed by atoms with Gasteiger partial charge in [0.25, 0.3) is 0 Å². The van der Waals surface area contributed by atoms with Gasteiger partial charge in [-0.3, -0.25) is 0 Å². The Morgan fingerprint density at radius 1 is 0.857 bits per heavy atom. The first kappa shape index (κ1) is 12.2. The Bertz CT molecular complexity index is 175. The van der Waals surface area contributed by atoms with E-state index in [-0.39, 0.29) is 0 Å². The van der Waals surface area contributed by atoms with Gasteiger partial charge in [0.1, 0.15) is 0 Å². The summed E-state index contributed by atoms with van der Waals surface area (Å²) in [4.78, 5) is 0. The van der Waals surface area contributed by atoms with E-state index in [1.54, 1.807) is 0 Å². The van der Waals surface area contributed by atoms with Gasteiger partial charge in [-0.25, -0.2) is 0 Å². The second-order valence-corrected chi connectivity index (χ2v) is 12.1. The molecule has 14 heavy (non-hydrogen) atoms. The molecule has 1 heterocycles. The van der Waals surface area contributed by atoms with E-state index in [0.29, 0.717) is 10.1 Å². The maximum atomic E-state index is 6.33. The van der Waals surface area contributed by atoms with Crippen molar-refractivity contribution in [1.82, 2.24) is 0 Å². The van der Waals surface area contributed by atoms with Crippen LogP contribution in [0.1, 0.15) is 54.4 Å². The van der Waals surface area contributed by atoms with Gasteiger partial charge in [-0.05, 0) is 22.5 Å². The lowest BCUT2D eigenvalue weighted by Gasteiger charge is -2.52. The Balaban J connectivity index is 3.01.